The number of nitrogens with zero attached hydrogens (tertiary/aromatic N) is 1. The molecule has 1 fully saturated rings. The molecule has 0 spiro atoms. The fourth-order valence-corrected chi connectivity index (χ4v) is 2.45. The van der Waals surface area contributed by atoms with Crippen LogP contribution in [0, 0.1) is 0 Å². The van der Waals surface area contributed by atoms with Gasteiger partial charge in [0.1, 0.15) is 0 Å². The molecule has 2 aliphatic rings. The molecule has 1 aromatic rings. The van der Waals surface area contributed by atoms with Gasteiger partial charge < -0.3 is 5.32 Å². The van der Waals surface area contributed by atoms with E-state index >= 15 is 0 Å². The summed E-state index contributed by atoms with van der Waals surface area (Å²) in [6.07, 6.45) is 2.45. The van der Waals surface area contributed by atoms with Crippen LogP contribution in [-0.4, -0.2) is 11.5 Å². The molecule has 0 aromatic heterocycles. The maximum Gasteiger partial charge on any atom is 0.166 e. The smallest absolute Gasteiger partial charge is 0.166 e. The van der Waals surface area contributed by atoms with E-state index in [1.54, 1.807) is 0 Å². The van der Waals surface area contributed by atoms with Crippen LogP contribution in [0.1, 0.15) is 26.2 Å². The lowest BCUT2D eigenvalue weighted by atomic mass is 9.90. The van der Waals surface area contributed by atoms with E-state index in [-0.39, 0.29) is 5.78 Å². The first-order chi connectivity index (χ1) is 8.25. The van der Waals surface area contributed by atoms with E-state index in [0.29, 0.717) is 6.42 Å². The molecule has 0 radical (unpaired) electrons. The van der Waals surface area contributed by atoms with Crippen molar-refractivity contribution in [1.29, 1.82) is 0 Å². The van der Waals surface area contributed by atoms with Gasteiger partial charge in [-0.25, -0.2) is 0 Å². The largest absolute Gasteiger partial charge is 0.357 e. The number of allylic oxidation sites excluding steroid dienone is 2. The minimum atomic E-state index is 0.216. The van der Waals surface area contributed by atoms with Crippen molar-refractivity contribution < 1.29 is 4.79 Å². The normalized spacial score (nSPS) is 18.9. The van der Waals surface area contributed by atoms with E-state index in [4.69, 9.17) is 0 Å². The highest BCUT2D eigenvalue weighted by Crippen LogP contribution is 2.33. The third-order valence-electron chi connectivity index (χ3n) is 3.24. The molecule has 0 amide bonds. The van der Waals surface area contributed by atoms with Gasteiger partial charge in [-0.15, -0.1) is 0 Å². The van der Waals surface area contributed by atoms with Crippen molar-refractivity contribution in [3.05, 3.63) is 35.5 Å². The minimum Gasteiger partial charge on any atom is -0.357 e. The zero-order valence-corrected chi connectivity index (χ0v) is 9.79. The van der Waals surface area contributed by atoms with Crippen molar-refractivity contribution in [2.24, 2.45) is 4.99 Å². The molecule has 0 saturated heterocycles. The Bertz CT molecular complexity index is 555. The van der Waals surface area contributed by atoms with Crippen molar-refractivity contribution in [2.75, 3.05) is 5.32 Å². The van der Waals surface area contributed by atoms with Gasteiger partial charge in [0.2, 0.25) is 0 Å². The summed E-state index contributed by atoms with van der Waals surface area (Å²) in [6, 6.07) is 7.91. The summed E-state index contributed by atoms with van der Waals surface area (Å²) in [5, 5.41) is 3.30. The van der Waals surface area contributed by atoms with Gasteiger partial charge in [-0.1, -0.05) is 12.1 Å². The number of carbonyl (C=O) groups excluding carboxylic acids is 1. The summed E-state index contributed by atoms with van der Waals surface area (Å²) in [4.78, 5) is 16.6. The Hall–Kier alpha value is -1.90. The molecule has 1 saturated carbocycles. The Morgan fingerprint density at radius 1 is 1.24 bits per heavy atom. The van der Waals surface area contributed by atoms with E-state index in [2.05, 4.69) is 10.3 Å². The second-order valence-electron chi connectivity index (χ2n) is 4.48. The summed E-state index contributed by atoms with van der Waals surface area (Å²) in [5.74, 6) is 0.216. The number of rotatable bonds is 0. The van der Waals surface area contributed by atoms with Gasteiger partial charge in [-0.2, -0.15) is 0 Å². The maximum atomic E-state index is 12.0. The Morgan fingerprint density at radius 3 is 2.94 bits per heavy atom. The molecule has 1 N–H and O–H groups in total. The predicted octanol–water partition coefficient (Wildman–Crippen LogP) is 3.21. The summed E-state index contributed by atoms with van der Waals surface area (Å²) in [5.41, 5.74) is 4.57. The van der Waals surface area contributed by atoms with E-state index in [9.17, 15) is 4.79 Å². The second-order valence-corrected chi connectivity index (χ2v) is 4.48. The van der Waals surface area contributed by atoms with Crippen molar-refractivity contribution >= 4 is 22.9 Å². The Morgan fingerprint density at radius 2 is 2.06 bits per heavy atom. The average molecular weight is 226 g/mol. The van der Waals surface area contributed by atoms with Crippen LogP contribution >= 0.6 is 0 Å². The van der Waals surface area contributed by atoms with Crippen molar-refractivity contribution in [1.82, 2.24) is 0 Å². The van der Waals surface area contributed by atoms with Crippen LogP contribution < -0.4 is 5.32 Å². The predicted molar refractivity (Wildman–Crippen MR) is 68.7 cm³/mol. The molecule has 0 unspecified atom stereocenters. The van der Waals surface area contributed by atoms with Crippen LogP contribution in [0.2, 0.25) is 0 Å². The van der Waals surface area contributed by atoms with Gasteiger partial charge in [-0.05, 0) is 31.9 Å². The third kappa shape index (κ3) is 1.68. The lowest BCUT2D eigenvalue weighted by molar-refractivity contribution is -0.115. The van der Waals surface area contributed by atoms with Crippen molar-refractivity contribution in [3.8, 4) is 0 Å². The lowest BCUT2D eigenvalue weighted by Crippen LogP contribution is -2.21. The topological polar surface area (TPSA) is 41.5 Å². The van der Waals surface area contributed by atoms with Crippen LogP contribution in [0.4, 0.5) is 11.4 Å². The molecule has 1 aromatic carbocycles. The molecule has 1 aliphatic carbocycles. The van der Waals surface area contributed by atoms with Crippen LogP contribution in [-0.2, 0) is 4.79 Å². The zero-order chi connectivity index (χ0) is 11.8. The van der Waals surface area contributed by atoms with Gasteiger partial charge >= 0.3 is 0 Å². The maximum absolute atomic E-state index is 12.0. The third-order valence-corrected chi connectivity index (χ3v) is 3.24. The number of hydrogen-bond donors (Lipinski definition) is 1. The molecular weight excluding hydrogens is 212 g/mol. The molecule has 1 heterocycles. The van der Waals surface area contributed by atoms with Crippen LogP contribution in [0.15, 0.2) is 40.5 Å². The number of carbonyl (C=O) groups is 1. The first kappa shape index (κ1) is 10.3. The molecular formula is C14H14N2O. The fourth-order valence-electron chi connectivity index (χ4n) is 2.45. The van der Waals surface area contributed by atoms with Crippen molar-refractivity contribution in [3.63, 3.8) is 0 Å². The molecule has 1 aliphatic heterocycles. The minimum absolute atomic E-state index is 0.216. The number of para-hydroxylation sites is 2. The lowest BCUT2D eigenvalue weighted by Gasteiger charge is -2.16. The van der Waals surface area contributed by atoms with Crippen LogP contribution in [0.3, 0.4) is 0 Å². The first-order valence-corrected chi connectivity index (χ1v) is 5.94. The van der Waals surface area contributed by atoms with Crippen molar-refractivity contribution in [2.45, 2.75) is 26.2 Å². The number of nitrogens with one attached hydrogen (secondary N) is 1. The van der Waals surface area contributed by atoms with Crippen LogP contribution in [0.25, 0.3) is 0 Å². The number of aliphatic imine (C=N–C) groups is 1. The SMILES string of the molecule is CC1=C2C(=O)CCCC2=Nc2ccccc2N1. The average Bonchev–Trinajstić information content (AvgIpc) is 2.45. The molecule has 3 rings (SSSR count). The number of fused-ring (bicyclic) bond motifs is 2. The molecule has 3 nitrogen and oxygen atoms in total. The van der Waals surface area contributed by atoms with Gasteiger partial charge in [0.25, 0.3) is 0 Å². The fraction of sp³-hybridized carbons (Fsp3) is 0.286. The van der Waals surface area contributed by atoms with Gasteiger partial charge in [0, 0.05) is 12.1 Å². The molecule has 3 heteroatoms. The molecule has 0 atom stereocenters. The Balaban J connectivity index is 2.19. The quantitative estimate of drug-likeness (QED) is 0.738. The summed E-state index contributed by atoms with van der Waals surface area (Å²) < 4.78 is 0. The summed E-state index contributed by atoms with van der Waals surface area (Å²) in [7, 11) is 0. The highest BCUT2D eigenvalue weighted by Gasteiger charge is 2.26. The standard InChI is InChI=1S/C14H14N2O/c1-9-14-12(7-4-8-13(14)17)16-11-6-3-2-5-10(11)15-9/h2-3,5-6,15H,4,7-8H2,1H3. The Kier molecular flexibility index (Phi) is 2.32. The van der Waals surface area contributed by atoms with E-state index in [1.165, 1.54) is 0 Å². The zero-order valence-electron chi connectivity index (χ0n) is 9.79. The monoisotopic (exact) mass is 226 g/mol. The highest BCUT2D eigenvalue weighted by atomic mass is 16.1. The molecule has 0 bridgehead atoms. The van der Waals surface area contributed by atoms with E-state index in [0.717, 1.165) is 41.2 Å². The number of ketones is 1. The number of Topliss-reactive ketones (excluding diaryl/α,β-unsaturated/α-hetero) is 1. The molecule has 86 valence electrons. The summed E-state index contributed by atoms with van der Waals surface area (Å²) in [6.45, 7) is 1.95. The number of hydrogen-bond acceptors (Lipinski definition) is 3. The highest BCUT2D eigenvalue weighted by molar-refractivity contribution is 6.25. The van der Waals surface area contributed by atoms with E-state index < -0.39 is 0 Å². The number of anilines is 1. The Labute approximate surface area is 100 Å². The van der Waals surface area contributed by atoms with Gasteiger partial charge in [0.05, 0.1) is 22.7 Å². The second kappa shape index (κ2) is 3.84. The number of benzene rings is 1. The summed E-state index contributed by atoms with van der Waals surface area (Å²) >= 11 is 0. The van der Waals surface area contributed by atoms with E-state index in [1.807, 2.05) is 31.2 Å². The molecule has 17 heavy (non-hydrogen) atoms. The first-order valence-electron chi connectivity index (χ1n) is 5.94. The van der Waals surface area contributed by atoms with Gasteiger partial charge in [-0.3, -0.25) is 9.79 Å². The van der Waals surface area contributed by atoms with Gasteiger partial charge in [0.15, 0.2) is 5.78 Å². The van der Waals surface area contributed by atoms with Crippen LogP contribution in [0.5, 0.6) is 0 Å².